The third-order valence-corrected chi connectivity index (χ3v) is 1.75. The van der Waals surface area contributed by atoms with Crippen LogP contribution in [-0.4, -0.2) is 6.29 Å². The van der Waals surface area contributed by atoms with Gasteiger partial charge in [0.2, 0.25) is 0 Å². The molecule has 12 heavy (non-hydrogen) atoms. The average molecular weight is 166 g/mol. The SMILES string of the molecule is CC1(C)C=CC(F)=C(C=O)C=C1. The fraction of sp³-hybridized carbons (Fsp3) is 0.300. The summed E-state index contributed by atoms with van der Waals surface area (Å²) < 4.78 is 13.0. The topological polar surface area (TPSA) is 17.1 Å². The molecule has 0 radical (unpaired) electrons. The molecule has 0 aliphatic heterocycles. The number of hydrogen-bond donors (Lipinski definition) is 0. The van der Waals surface area contributed by atoms with Crippen LogP contribution in [0.1, 0.15) is 13.8 Å². The Morgan fingerprint density at radius 2 is 1.92 bits per heavy atom. The van der Waals surface area contributed by atoms with Gasteiger partial charge in [-0.3, -0.25) is 4.79 Å². The van der Waals surface area contributed by atoms with Crippen LogP contribution in [0.25, 0.3) is 0 Å². The highest BCUT2D eigenvalue weighted by molar-refractivity contribution is 5.79. The van der Waals surface area contributed by atoms with Gasteiger partial charge in [0.15, 0.2) is 6.29 Å². The molecule has 0 fully saturated rings. The molecule has 0 unspecified atom stereocenters. The predicted octanol–water partition coefficient (Wildman–Crippen LogP) is 2.56. The van der Waals surface area contributed by atoms with Crippen LogP contribution in [0.4, 0.5) is 4.39 Å². The Hall–Kier alpha value is -1.18. The van der Waals surface area contributed by atoms with Gasteiger partial charge in [0.1, 0.15) is 5.83 Å². The first-order valence-corrected chi connectivity index (χ1v) is 3.78. The minimum absolute atomic E-state index is 0.108. The van der Waals surface area contributed by atoms with E-state index in [-0.39, 0.29) is 11.0 Å². The number of rotatable bonds is 1. The molecule has 0 spiro atoms. The molecule has 0 saturated carbocycles. The van der Waals surface area contributed by atoms with Crippen molar-refractivity contribution in [2.75, 3.05) is 0 Å². The van der Waals surface area contributed by atoms with Gasteiger partial charge in [-0.1, -0.05) is 32.1 Å². The minimum atomic E-state index is -0.466. The molecule has 0 saturated heterocycles. The van der Waals surface area contributed by atoms with Crippen LogP contribution in [0, 0.1) is 5.41 Å². The molecule has 0 aromatic carbocycles. The highest BCUT2D eigenvalue weighted by Crippen LogP contribution is 2.25. The predicted molar refractivity (Wildman–Crippen MR) is 46.3 cm³/mol. The highest BCUT2D eigenvalue weighted by atomic mass is 19.1. The van der Waals surface area contributed by atoms with E-state index in [0.717, 1.165) is 0 Å². The Bertz CT molecular complexity index is 282. The highest BCUT2D eigenvalue weighted by Gasteiger charge is 2.13. The number of aldehydes is 1. The summed E-state index contributed by atoms with van der Waals surface area (Å²) in [6.45, 7) is 3.89. The zero-order chi connectivity index (χ0) is 9.19. The molecule has 0 aromatic rings. The Balaban J connectivity index is 3.07. The molecule has 1 nitrogen and oxygen atoms in total. The van der Waals surface area contributed by atoms with E-state index in [1.54, 1.807) is 12.2 Å². The lowest BCUT2D eigenvalue weighted by molar-refractivity contribution is -0.104. The first-order valence-electron chi connectivity index (χ1n) is 3.78. The van der Waals surface area contributed by atoms with Crippen molar-refractivity contribution in [3.05, 3.63) is 35.7 Å². The molecule has 64 valence electrons. The smallest absolute Gasteiger partial charge is 0.152 e. The Labute approximate surface area is 71.3 Å². The van der Waals surface area contributed by atoms with Gasteiger partial charge >= 0.3 is 0 Å². The van der Waals surface area contributed by atoms with Crippen LogP contribution in [0.3, 0.4) is 0 Å². The van der Waals surface area contributed by atoms with Gasteiger partial charge in [-0.25, -0.2) is 4.39 Å². The Morgan fingerprint density at radius 3 is 2.50 bits per heavy atom. The summed E-state index contributed by atoms with van der Waals surface area (Å²) in [4.78, 5) is 10.4. The van der Waals surface area contributed by atoms with Crippen molar-refractivity contribution in [2.24, 2.45) is 5.41 Å². The fourth-order valence-corrected chi connectivity index (χ4v) is 0.919. The van der Waals surface area contributed by atoms with E-state index in [1.807, 2.05) is 13.8 Å². The number of carbonyl (C=O) groups is 1. The standard InChI is InChI=1S/C10H11FO/c1-10(2)5-3-8(7-12)9(11)4-6-10/h3-7H,1-2H3. The summed E-state index contributed by atoms with van der Waals surface area (Å²) >= 11 is 0. The monoisotopic (exact) mass is 166 g/mol. The van der Waals surface area contributed by atoms with E-state index in [2.05, 4.69) is 0 Å². The van der Waals surface area contributed by atoms with E-state index in [1.165, 1.54) is 12.2 Å². The lowest BCUT2D eigenvalue weighted by Gasteiger charge is -2.11. The van der Waals surface area contributed by atoms with E-state index in [9.17, 15) is 9.18 Å². The van der Waals surface area contributed by atoms with Gasteiger partial charge in [0.25, 0.3) is 0 Å². The van der Waals surface area contributed by atoms with Crippen molar-refractivity contribution in [3.8, 4) is 0 Å². The number of allylic oxidation sites excluding steroid dienone is 6. The number of hydrogen-bond acceptors (Lipinski definition) is 1. The summed E-state index contributed by atoms with van der Waals surface area (Å²) in [5.41, 5.74) is -0.0703. The molecule has 0 aromatic heterocycles. The maximum atomic E-state index is 13.0. The summed E-state index contributed by atoms with van der Waals surface area (Å²) in [5, 5.41) is 0. The first kappa shape index (κ1) is 8.91. The van der Waals surface area contributed by atoms with E-state index >= 15 is 0 Å². The van der Waals surface area contributed by atoms with Crippen molar-refractivity contribution in [1.82, 2.24) is 0 Å². The molecule has 1 rings (SSSR count). The summed E-state index contributed by atoms with van der Waals surface area (Å²) in [6.07, 6.45) is 6.92. The van der Waals surface area contributed by atoms with Gasteiger partial charge in [0, 0.05) is 11.0 Å². The normalized spacial score (nSPS) is 20.9. The fourth-order valence-electron chi connectivity index (χ4n) is 0.919. The second-order valence-corrected chi connectivity index (χ2v) is 3.41. The van der Waals surface area contributed by atoms with Gasteiger partial charge < -0.3 is 0 Å². The molecule has 0 atom stereocenters. The molecular weight excluding hydrogens is 155 g/mol. The summed E-state index contributed by atoms with van der Waals surface area (Å²) in [6, 6.07) is 0. The summed E-state index contributed by atoms with van der Waals surface area (Å²) in [5.74, 6) is -0.466. The van der Waals surface area contributed by atoms with E-state index in [4.69, 9.17) is 0 Å². The van der Waals surface area contributed by atoms with Crippen molar-refractivity contribution in [2.45, 2.75) is 13.8 Å². The van der Waals surface area contributed by atoms with E-state index < -0.39 is 5.83 Å². The number of halogens is 1. The maximum Gasteiger partial charge on any atom is 0.152 e. The molecule has 0 N–H and O–H groups in total. The Morgan fingerprint density at radius 1 is 1.33 bits per heavy atom. The van der Waals surface area contributed by atoms with Crippen LogP contribution < -0.4 is 0 Å². The third-order valence-electron chi connectivity index (χ3n) is 1.75. The molecular formula is C10H11FO. The second kappa shape index (κ2) is 3.05. The van der Waals surface area contributed by atoms with Crippen LogP contribution in [0.2, 0.25) is 0 Å². The van der Waals surface area contributed by atoms with Gasteiger partial charge in [-0.2, -0.15) is 0 Å². The van der Waals surface area contributed by atoms with E-state index in [0.29, 0.717) is 6.29 Å². The molecule has 1 aliphatic rings. The molecule has 0 bridgehead atoms. The van der Waals surface area contributed by atoms with Gasteiger partial charge in [-0.15, -0.1) is 0 Å². The zero-order valence-corrected chi connectivity index (χ0v) is 7.17. The third kappa shape index (κ3) is 1.91. The Kier molecular flexibility index (Phi) is 2.27. The first-order chi connectivity index (χ1) is 5.55. The average Bonchev–Trinajstić information content (AvgIpc) is 2.13. The van der Waals surface area contributed by atoms with Crippen molar-refractivity contribution in [3.63, 3.8) is 0 Å². The molecule has 1 aliphatic carbocycles. The van der Waals surface area contributed by atoms with Gasteiger partial charge in [-0.05, 0) is 6.08 Å². The molecule has 0 amide bonds. The quantitative estimate of drug-likeness (QED) is 0.547. The largest absolute Gasteiger partial charge is 0.298 e. The van der Waals surface area contributed by atoms with Crippen molar-refractivity contribution in [1.29, 1.82) is 0 Å². The van der Waals surface area contributed by atoms with Crippen LogP contribution in [-0.2, 0) is 4.79 Å². The van der Waals surface area contributed by atoms with Crippen LogP contribution in [0.15, 0.2) is 35.7 Å². The second-order valence-electron chi connectivity index (χ2n) is 3.41. The van der Waals surface area contributed by atoms with Gasteiger partial charge in [0.05, 0.1) is 0 Å². The zero-order valence-electron chi connectivity index (χ0n) is 7.17. The number of carbonyl (C=O) groups excluding carboxylic acids is 1. The minimum Gasteiger partial charge on any atom is -0.298 e. The van der Waals surface area contributed by atoms with Crippen LogP contribution >= 0.6 is 0 Å². The molecule has 0 heterocycles. The molecule has 2 heteroatoms. The lowest BCUT2D eigenvalue weighted by atomic mass is 9.93. The van der Waals surface area contributed by atoms with Crippen molar-refractivity contribution < 1.29 is 9.18 Å². The maximum absolute atomic E-state index is 13.0. The van der Waals surface area contributed by atoms with Crippen LogP contribution in [0.5, 0.6) is 0 Å². The lowest BCUT2D eigenvalue weighted by Crippen LogP contribution is -2.00. The van der Waals surface area contributed by atoms with Crippen molar-refractivity contribution >= 4 is 6.29 Å². The summed E-state index contributed by atoms with van der Waals surface area (Å²) in [7, 11) is 0.